The fourth-order valence-electron chi connectivity index (χ4n) is 3.43. The second kappa shape index (κ2) is 6.63. The molecule has 0 aliphatic carbocycles. The van der Waals surface area contributed by atoms with E-state index in [1.807, 2.05) is 41.1 Å². The first-order valence-electron chi connectivity index (χ1n) is 8.96. The largest absolute Gasteiger partial charge is 0.323 e. The van der Waals surface area contributed by atoms with Crippen LogP contribution in [0.4, 0.5) is 8.78 Å². The second-order valence-corrected chi connectivity index (χ2v) is 6.71. The molecule has 0 N–H and O–H groups in total. The molecule has 0 bridgehead atoms. The molecule has 142 valence electrons. The van der Waals surface area contributed by atoms with E-state index in [1.54, 1.807) is 12.1 Å². The topological polar surface area (TPSA) is 52.2 Å². The van der Waals surface area contributed by atoms with Gasteiger partial charge in [-0.1, -0.05) is 6.07 Å². The fraction of sp³-hybridized carbons (Fsp3) is 0.0455. The lowest BCUT2D eigenvalue weighted by Gasteiger charge is -2.12. The van der Waals surface area contributed by atoms with Crippen LogP contribution in [0.15, 0.2) is 78.1 Å². The van der Waals surface area contributed by atoms with Crippen LogP contribution in [-0.4, -0.2) is 18.9 Å². The zero-order chi connectivity index (χ0) is 20.0. The number of hydrogen-bond acceptors (Lipinski definition) is 3. The summed E-state index contributed by atoms with van der Waals surface area (Å²) in [5, 5.41) is 0. The predicted molar refractivity (Wildman–Crippen MR) is 106 cm³/mol. The van der Waals surface area contributed by atoms with Crippen molar-refractivity contribution in [2.45, 2.75) is 6.54 Å². The Kier molecular flexibility index (Phi) is 3.94. The summed E-state index contributed by atoms with van der Waals surface area (Å²) in [6.45, 7) is -0.274. The molecule has 5 rings (SSSR count). The van der Waals surface area contributed by atoms with E-state index in [4.69, 9.17) is 0 Å². The summed E-state index contributed by atoms with van der Waals surface area (Å²) in [6, 6.07) is 13.5. The Morgan fingerprint density at radius 1 is 0.931 bits per heavy atom. The highest BCUT2D eigenvalue weighted by Crippen LogP contribution is 2.26. The average molecular weight is 388 g/mol. The van der Waals surface area contributed by atoms with Gasteiger partial charge in [0.2, 0.25) is 0 Å². The molecule has 0 aliphatic rings. The molecule has 1 aromatic carbocycles. The third-order valence-electron chi connectivity index (χ3n) is 4.92. The summed E-state index contributed by atoms with van der Waals surface area (Å²) in [4.78, 5) is 20.4. The Morgan fingerprint density at radius 3 is 2.59 bits per heavy atom. The van der Waals surface area contributed by atoms with Crippen LogP contribution in [0.3, 0.4) is 0 Å². The van der Waals surface area contributed by atoms with E-state index in [2.05, 4.69) is 9.97 Å². The summed E-state index contributed by atoms with van der Waals surface area (Å²) >= 11 is 0. The molecule has 0 radical (unpaired) electrons. The van der Waals surface area contributed by atoms with Crippen molar-refractivity contribution < 1.29 is 8.78 Å². The Labute approximate surface area is 163 Å². The van der Waals surface area contributed by atoms with Gasteiger partial charge in [-0.25, -0.2) is 18.7 Å². The number of benzene rings is 1. The zero-order valence-electron chi connectivity index (χ0n) is 15.1. The van der Waals surface area contributed by atoms with Crippen LogP contribution in [0.5, 0.6) is 0 Å². The lowest BCUT2D eigenvalue weighted by Crippen LogP contribution is -2.23. The standard InChI is InChI=1S/C22H14F2N4O/c23-18-9-15(14-5-6-16-3-2-8-27(16)12-14)10-19(24)17(18)13-28-21(29)11-26-20-4-1-7-25-22(20)28/h1-12H,13H2. The molecule has 4 heterocycles. The number of hydrogen-bond donors (Lipinski definition) is 0. The van der Waals surface area contributed by atoms with Gasteiger partial charge >= 0.3 is 0 Å². The molecule has 7 heteroatoms. The average Bonchev–Trinajstić information content (AvgIpc) is 3.19. The van der Waals surface area contributed by atoms with Gasteiger partial charge in [-0.2, -0.15) is 0 Å². The normalized spacial score (nSPS) is 11.4. The first-order chi connectivity index (χ1) is 14.1. The highest BCUT2D eigenvalue weighted by molar-refractivity contribution is 5.69. The van der Waals surface area contributed by atoms with Crippen LogP contribution in [0.25, 0.3) is 27.8 Å². The SMILES string of the molecule is O=c1cnc2cccnc2n1Cc1c(F)cc(-c2ccc3cccn3c2)cc1F. The maximum atomic E-state index is 14.9. The van der Waals surface area contributed by atoms with Crippen molar-refractivity contribution >= 4 is 16.7 Å². The van der Waals surface area contributed by atoms with Crippen molar-refractivity contribution in [2.24, 2.45) is 0 Å². The molecule has 0 fully saturated rings. The lowest BCUT2D eigenvalue weighted by atomic mass is 10.0. The van der Waals surface area contributed by atoms with Crippen molar-refractivity contribution in [3.8, 4) is 11.1 Å². The van der Waals surface area contributed by atoms with E-state index < -0.39 is 17.2 Å². The van der Waals surface area contributed by atoms with Crippen molar-refractivity contribution in [2.75, 3.05) is 0 Å². The first-order valence-corrected chi connectivity index (χ1v) is 8.96. The van der Waals surface area contributed by atoms with Crippen LogP contribution >= 0.6 is 0 Å². The van der Waals surface area contributed by atoms with Gasteiger partial charge < -0.3 is 4.40 Å². The lowest BCUT2D eigenvalue weighted by molar-refractivity contribution is 0.544. The zero-order valence-corrected chi connectivity index (χ0v) is 15.1. The number of halogens is 2. The van der Waals surface area contributed by atoms with Crippen LogP contribution < -0.4 is 5.56 Å². The molecule has 0 amide bonds. The van der Waals surface area contributed by atoms with Gasteiger partial charge in [-0.05, 0) is 53.6 Å². The number of nitrogens with zero attached hydrogens (tertiary/aromatic N) is 4. The molecule has 4 aromatic heterocycles. The number of aromatic nitrogens is 4. The minimum atomic E-state index is -0.722. The van der Waals surface area contributed by atoms with E-state index in [-0.39, 0.29) is 17.8 Å². The predicted octanol–water partition coefficient (Wildman–Crippen LogP) is 4.04. The van der Waals surface area contributed by atoms with Crippen LogP contribution in [0.2, 0.25) is 0 Å². The van der Waals surface area contributed by atoms with Gasteiger partial charge in [0.05, 0.1) is 12.7 Å². The third kappa shape index (κ3) is 2.97. The highest BCUT2D eigenvalue weighted by Gasteiger charge is 2.15. The second-order valence-electron chi connectivity index (χ2n) is 6.71. The van der Waals surface area contributed by atoms with Gasteiger partial charge in [-0.15, -0.1) is 0 Å². The van der Waals surface area contributed by atoms with Gasteiger partial charge in [0.15, 0.2) is 5.65 Å². The number of fused-ring (bicyclic) bond motifs is 2. The minimum absolute atomic E-state index is 0.198. The molecule has 29 heavy (non-hydrogen) atoms. The molecular formula is C22H14F2N4O. The summed E-state index contributed by atoms with van der Waals surface area (Å²) in [5.41, 5.74) is 2.18. The van der Waals surface area contributed by atoms with Gasteiger partial charge in [-0.3, -0.25) is 9.36 Å². The quantitative estimate of drug-likeness (QED) is 0.469. The molecule has 0 atom stereocenters. The maximum Gasteiger partial charge on any atom is 0.270 e. The maximum absolute atomic E-state index is 14.9. The van der Waals surface area contributed by atoms with E-state index in [1.165, 1.54) is 22.9 Å². The molecule has 0 aliphatic heterocycles. The van der Waals surface area contributed by atoms with E-state index in [0.717, 1.165) is 11.7 Å². The van der Waals surface area contributed by atoms with Crippen LogP contribution in [-0.2, 0) is 6.54 Å². The third-order valence-corrected chi connectivity index (χ3v) is 4.92. The fourth-order valence-corrected chi connectivity index (χ4v) is 3.43. The highest BCUT2D eigenvalue weighted by atomic mass is 19.1. The van der Waals surface area contributed by atoms with Crippen molar-refractivity contribution in [3.63, 3.8) is 0 Å². The van der Waals surface area contributed by atoms with Crippen molar-refractivity contribution in [3.05, 3.63) is 101 Å². The number of rotatable bonds is 3. The van der Waals surface area contributed by atoms with Crippen LogP contribution in [0, 0.1) is 11.6 Å². The van der Waals surface area contributed by atoms with Crippen molar-refractivity contribution in [1.82, 2.24) is 18.9 Å². The summed E-state index contributed by atoms with van der Waals surface area (Å²) in [6.07, 6.45) is 6.32. The Balaban J connectivity index is 1.59. The molecule has 0 saturated carbocycles. The molecule has 5 nitrogen and oxygen atoms in total. The molecule has 0 spiro atoms. The van der Waals surface area contributed by atoms with Gasteiger partial charge in [0.25, 0.3) is 5.56 Å². The Bertz CT molecular complexity index is 1420. The van der Waals surface area contributed by atoms with E-state index in [0.29, 0.717) is 16.6 Å². The smallest absolute Gasteiger partial charge is 0.270 e. The minimum Gasteiger partial charge on any atom is -0.323 e. The summed E-state index contributed by atoms with van der Waals surface area (Å²) < 4.78 is 32.8. The first kappa shape index (κ1) is 17.2. The summed E-state index contributed by atoms with van der Waals surface area (Å²) in [7, 11) is 0. The molecule has 0 unspecified atom stereocenters. The van der Waals surface area contributed by atoms with Crippen molar-refractivity contribution in [1.29, 1.82) is 0 Å². The van der Waals surface area contributed by atoms with Gasteiger partial charge in [0, 0.05) is 29.7 Å². The Morgan fingerprint density at radius 2 is 1.76 bits per heavy atom. The molecule has 5 aromatic rings. The molecular weight excluding hydrogens is 374 g/mol. The molecule has 0 saturated heterocycles. The summed E-state index contributed by atoms with van der Waals surface area (Å²) in [5.74, 6) is -1.44. The van der Waals surface area contributed by atoms with E-state index >= 15 is 0 Å². The van der Waals surface area contributed by atoms with E-state index in [9.17, 15) is 13.6 Å². The monoisotopic (exact) mass is 388 g/mol. The Hall–Kier alpha value is -3.87. The van der Waals surface area contributed by atoms with Crippen LogP contribution in [0.1, 0.15) is 5.56 Å². The van der Waals surface area contributed by atoms with Gasteiger partial charge in [0.1, 0.15) is 17.2 Å². The number of pyridine rings is 2.